The highest BCUT2D eigenvalue weighted by Crippen LogP contribution is 2.34. The quantitative estimate of drug-likeness (QED) is 0.292. The molecule has 0 aliphatic heterocycles. The Hall–Kier alpha value is -3.47. The molecule has 0 amide bonds. The van der Waals surface area contributed by atoms with Crippen LogP contribution in [-0.4, -0.2) is 0 Å². The van der Waals surface area contributed by atoms with Crippen LogP contribution in [0.4, 0.5) is 22.0 Å². The number of halogens is 5. The van der Waals surface area contributed by atoms with Gasteiger partial charge in [-0.3, -0.25) is 0 Å². The van der Waals surface area contributed by atoms with Crippen LogP contribution in [0.25, 0.3) is 33.4 Å². The Kier molecular flexibility index (Phi) is 5.59. The maximum Gasteiger partial charge on any atom is 0.159 e. The Labute approximate surface area is 176 Å². The third-order valence-electron chi connectivity index (χ3n) is 5.23. The van der Waals surface area contributed by atoms with Crippen molar-refractivity contribution < 1.29 is 22.0 Å². The molecule has 0 atom stereocenters. The van der Waals surface area contributed by atoms with Gasteiger partial charge in [0.25, 0.3) is 0 Å². The first-order valence-corrected chi connectivity index (χ1v) is 9.71. The maximum atomic E-state index is 14.8. The Balaban J connectivity index is 1.71. The molecule has 31 heavy (non-hydrogen) atoms. The minimum atomic E-state index is -1.21. The molecule has 0 aliphatic carbocycles. The summed E-state index contributed by atoms with van der Waals surface area (Å²) in [4.78, 5) is 0. The van der Waals surface area contributed by atoms with Crippen LogP contribution in [0.1, 0.15) is 12.5 Å². The van der Waals surface area contributed by atoms with Crippen molar-refractivity contribution in [1.29, 1.82) is 0 Å². The fraction of sp³-hybridized carbons (Fsp3) is 0.0769. The standard InChI is InChI=1S/C26H17F5/c1-2-15-3-5-16(6-4-15)17-7-9-20(22(28)11-17)19-13-24(30)26(25(31)14-19)18-8-10-21(27)23(29)12-18/h3-14H,2H2,1H3. The van der Waals surface area contributed by atoms with Crippen LogP contribution >= 0.6 is 0 Å². The molecule has 0 aliphatic rings. The van der Waals surface area contributed by atoms with Gasteiger partial charge in [-0.1, -0.05) is 49.4 Å². The van der Waals surface area contributed by atoms with E-state index in [1.165, 1.54) is 12.1 Å². The van der Waals surface area contributed by atoms with Crippen molar-refractivity contribution in [3.8, 4) is 33.4 Å². The fourth-order valence-corrected chi connectivity index (χ4v) is 3.52. The van der Waals surface area contributed by atoms with Crippen molar-refractivity contribution in [1.82, 2.24) is 0 Å². The van der Waals surface area contributed by atoms with E-state index < -0.39 is 34.6 Å². The van der Waals surface area contributed by atoms with Gasteiger partial charge in [0.2, 0.25) is 0 Å². The molecule has 0 radical (unpaired) electrons. The molecule has 0 aromatic heterocycles. The summed E-state index contributed by atoms with van der Waals surface area (Å²) in [5.41, 5.74) is 2.02. The van der Waals surface area contributed by atoms with Gasteiger partial charge in [0.15, 0.2) is 11.6 Å². The molecule has 0 saturated carbocycles. The molecular weight excluding hydrogens is 407 g/mol. The Bertz CT molecular complexity index is 1240. The molecule has 0 heterocycles. The van der Waals surface area contributed by atoms with Gasteiger partial charge in [-0.2, -0.15) is 0 Å². The predicted octanol–water partition coefficient (Wildman–Crippen LogP) is 7.95. The Morgan fingerprint density at radius 1 is 0.484 bits per heavy atom. The summed E-state index contributed by atoms with van der Waals surface area (Å²) in [5.74, 6) is -4.96. The molecule has 0 N–H and O–H groups in total. The molecule has 0 bridgehead atoms. The van der Waals surface area contributed by atoms with Gasteiger partial charge in [-0.25, -0.2) is 22.0 Å². The van der Waals surface area contributed by atoms with Gasteiger partial charge in [-0.15, -0.1) is 0 Å². The average molecular weight is 424 g/mol. The number of aryl methyl sites for hydroxylation is 1. The van der Waals surface area contributed by atoms with Gasteiger partial charge < -0.3 is 0 Å². The van der Waals surface area contributed by atoms with Gasteiger partial charge >= 0.3 is 0 Å². The Morgan fingerprint density at radius 2 is 1.03 bits per heavy atom. The molecule has 0 spiro atoms. The van der Waals surface area contributed by atoms with Crippen LogP contribution < -0.4 is 0 Å². The molecule has 0 saturated heterocycles. The Morgan fingerprint density at radius 3 is 1.61 bits per heavy atom. The smallest absolute Gasteiger partial charge is 0.159 e. The second-order valence-corrected chi connectivity index (χ2v) is 7.19. The largest absolute Gasteiger partial charge is 0.206 e. The lowest BCUT2D eigenvalue weighted by Crippen LogP contribution is -1.95. The van der Waals surface area contributed by atoms with Crippen LogP contribution in [0.3, 0.4) is 0 Å². The monoisotopic (exact) mass is 424 g/mol. The summed E-state index contributed by atoms with van der Waals surface area (Å²) in [6.45, 7) is 2.04. The predicted molar refractivity (Wildman–Crippen MR) is 112 cm³/mol. The third kappa shape index (κ3) is 4.08. The van der Waals surface area contributed by atoms with Crippen LogP contribution in [0.2, 0.25) is 0 Å². The first kappa shape index (κ1) is 20.8. The molecular formula is C26H17F5. The second-order valence-electron chi connectivity index (χ2n) is 7.19. The van der Waals surface area contributed by atoms with E-state index in [1.807, 2.05) is 31.2 Å². The number of hydrogen-bond acceptors (Lipinski definition) is 0. The first-order chi connectivity index (χ1) is 14.9. The van der Waals surface area contributed by atoms with Crippen LogP contribution in [-0.2, 0) is 6.42 Å². The highest BCUT2D eigenvalue weighted by atomic mass is 19.2. The summed E-state index contributed by atoms with van der Waals surface area (Å²) in [6, 6.07) is 16.7. The van der Waals surface area contributed by atoms with Crippen LogP contribution in [0, 0.1) is 29.1 Å². The van der Waals surface area contributed by atoms with E-state index in [0.29, 0.717) is 5.56 Å². The van der Waals surface area contributed by atoms with Gasteiger partial charge in [0.05, 0.1) is 5.56 Å². The van der Waals surface area contributed by atoms with Crippen molar-refractivity contribution in [3.63, 3.8) is 0 Å². The number of rotatable bonds is 4. The minimum absolute atomic E-state index is 0.00622. The highest BCUT2D eigenvalue weighted by Gasteiger charge is 2.17. The van der Waals surface area contributed by atoms with Crippen LogP contribution in [0.15, 0.2) is 72.8 Å². The maximum absolute atomic E-state index is 14.8. The summed E-state index contributed by atoms with van der Waals surface area (Å²) in [6.07, 6.45) is 0.894. The van der Waals surface area contributed by atoms with E-state index in [9.17, 15) is 22.0 Å². The number of hydrogen-bond donors (Lipinski definition) is 0. The second kappa shape index (κ2) is 8.34. The van der Waals surface area contributed by atoms with E-state index in [4.69, 9.17) is 0 Å². The zero-order valence-electron chi connectivity index (χ0n) is 16.5. The van der Waals surface area contributed by atoms with E-state index >= 15 is 0 Å². The van der Waals surface area contributed by atoms with E-state index in [2.05, 4.69) is 0 Å². The van der Waals surface area contributed by atoms with Crippen molar-refractivity contribution in [2.24, 2.45) is 0 Å². The first-order valence-electron chi connectivity index (χ1n) is 9.71. The topological polar surface area (TPSA) is 0 Å². The number of benzene rings is 4. The van der Waals surface area contributed by atoms with E-state index in [-0.39, 0.29) is 16.7 Å². The zero-order valence-corrected chi connectivity index (χ0v) is 16.5. The molecule has 4 aromatic rings. The average Bonchev–Trinajstić information content (AvgIpc) is 2.75. The van der Waals surface area contributed by atoms with Crippen molar-refractivity contribution in [2.45, 2.75) is 13.3 Å². The molecule has 156 valence electrons. The minimum Gasteiger partial charge on any atom is -0.206 e. The third-order valence-corrected chi connectivity index (χ3v) is 5.23. The molecule has 0 unspecified atom stereocenters. The van der Waals surface area contributed by atoms with E-state index in [0.717, 1.165) is 47.9 Å². The summed E-state index contributed by atoms with van der Waals surface area (Å²) in [5, 5.41) is 0. The normalized spacial score (nSPS) is 11.0. The molecule has 0 fully saturated rings. The summed E-state index contributed by atoms with van der Waals surface area (Å²) < 4.78 is 70.8. The van der Waals surface area contributed by atoms with Crippen molar-refractivity contribution in [2.75, 3.05) is 0 Å². The summed E-state index contributed by atoms with van der Waals surface area (Å²) >= 11 is 0. The van der Waals surface area contributed by atoms with Crippen molar-refractivity contribution >= 4 is 0 Å². The van der Waals surface area contributed by atoms with Gasteiger partial charge in [0.1, 0.15) is 17.5 Å². The van der Waals surface area contributed by atoms with E-state index in [1.54, 1.807) is 6.07 Å². The van der Waals surface area contributed by atoms with Gasteiger partial charge in [-0.05, 0) is 64.6 Å². The SMILES string of the molecule is CCc1ccc(-c2ccc(-c3cc(F)c(-c4ccc(F)c(F)c4)c(F)c3)c(F)c2)cc1. The fourth-order valence-electron chi connectivity index (χ4n) is 3.52. The lowest BCUT2D eigenvalue weighted by molar-refractivity contribution is 0.508. The molecule has 0 nitrogen and oxygen atoms in total. The summed E-state index contributed by atoms with van der Waals surface area (Å²) in [7, 11) is 0. The molecule has 4 rings (SSSR count). The lowest BCUT2D eigenvalue weighted by atomic mass is 9.96. The van der Waals surface area contributed by atoms with Gasteiger partial charge in [0, 0.05) is 5.56 Å². The molecule has 5 heteroatoms. The highest BCUT2D eigenvalue weighted by molar-refractivity contribution is 5.74. The van der Waals surface area contributed by atoms with Crippen molar-refractivity contribution in [3.05, 3.63) is 107 Å². The van der Waals surface area contributed by atoms with Crippen LogP contribution in [0.5, 0.6) is 0 Å². The zero-order chi connectivity index (χ0) is 22.1. The molecule has 4 aromatic carbocycles. The lowest BCUT2D eigenvalue weighted by Gasteiger charge is -2.11.